The predicted molar refractivity (Wildman–Crippen MR) is 101 cm³/mol. The fraction of sp³-hybridized carbons (Fsp3) is 0.524. The molecule has 2 atom stereocenters. The van der Waals surface area contributed by atoms with Crippen molar-refractivity contribution >= 4 is 5.91 Å². The number of aromatic amines is 1. The van der Waals surface area contributed by atoms with Gasteiger partial charge >= 0.3 is 0 Å². The van der Waals surface area contributed by atoms with E-state index in [9.17, 15) is 9.18 Å². The van der Waals surface area contributed by atoms with Gasteiger partial charge in [-0.25, -0.2) is 4.39 Å². The maximum atomic E-state index is 13.1. The molecule has 2 saturated carbocycles. The molecule has 1 aromatic heterocycles. The van der Waals surface area contributed by atoms with Crippen molar-refractivity contribution in [2.24, 2.45) is 5.41 Å². The molecule has 5 nitrogen and oxygen atoms in total. The van der Waals surface area contributed by atoms with Crippen molar-refractivity contribution in [1.82, 2.24) is 15.1 Å². The quantitative estimate of drug-likeness (QED) is 0.863. The lowest BCUT2D eigenvalue weighted by atomic mass is 9.60. The molecule has 6 heteroatoms. The highest BCUT2D eigenvalue weighted by Gasteiger charge is 2.58. The van der Waals surface area contributed by atoms with E-state index in [1.54, 1.807) is 18.2 Å². The average molecular weight is 371 g/mol. The van der Waals surface area contributed by atoms with Gasteiger partial charge in [0.05, 0.1) is 11.8 Å². The van der Waals surface area contributed by atoms with Gasteiger partial charge in [0, 0.05) is 30.7 Å². The summed E-state index contributed by atoms with van der Waals surface area (Å²) in [5.41, 5.74) is 2.00. The summed E-state index contributed by atoms with van der Waals surface area (Å²) in [6, 6.07) is 8.06. The van der Waals surface area contributed by atoms with Crippen LogP contribution in [0, 0.1) is 11.2 Å². The van der Waals surface area contributed by atoms with E-state index >= 15 is 0 Å². The molecule has 0 radical (unpaired) electrons. The van der Waals surface area contributed by atoms with Gasteiger partial charge in [-0.2, -0.15) is 5.10 Å². The number of nitrogens with one attached hydrogen (secondary N) is 1. The highest BCUT2D eigenvalue weighted by atomic mass is 19.1. The van der Waals surface area contributed by atoms with Gasteiger partial charge in [-0.1, -0.05) is 12.8 Å². The minimum atomic E-state index is -0.291. The van der Waals surface area contributed by atoms with Crippen molar-refractivity contribution < 1.29 is 13.9 Å². The number of carbonyl (C=O) groups is 1. The first-order valence-electron chi connectivity index (χ1n) is 9.75. The Balaban J connectivity index is 1.50. The van der Waals surface area contributed by atoms with E-state index in [2.05, 4.69) is 10.2 Å². The lowest BCUT2D eigenvalue weighted by Gasteiger charge is -2.56. The van der Waals surface area contributed by atoms with Gasteiger partial charge in [0.2, 0.25) is 0 Å². The van der Waals surface area contributed by atoms with E-state index in [1.165, 1.54) is 25.0 Å². The molecule has 0 aliphatic heterocycles. The number of ether oxygens (including phenoxy) is 1. The molecule has 2 fully saturated rings. The zero-order valence-corrected chi connectivity index (χ0v) is 15.9. The van der Waals surface area contributed by atoms with Crippen LogP contribution in [-0.4, -0.2) is 46.8 Å². The Morgan fingerprint density at radius 1 is 1.33 bits per heavy atom. The maximum absolute atomic E-state index is 13.1. The van der Waals surface area contributed by atoms with Crippen LogP contribution < -0.4 is 0 Å². The van der Waals surface area contributed by atoms with Crippen LogP contribution in [0.25, 0.3) is 11.3 Å². The second kappa shape index (κ2) is 7.08. The molecule has 0 saturated heterocycles. The van der Waals surface area contributed by atoms with Crippen LogP contribution in [0.5, 0.6) is 0 Å². The molecule has 27 heavy (non-hydrogen) atoms. The largest absolute Gasteiger partial charge is 0.378 e. The van der Waals surface area contributed by atoms with Gasteiger partial charge in [0.15, 0.2) is 0 Å². The molecule has 4 rings (SSSR count). The second-order valence-electron chi connectivity index (χ2n) is 7.73. The summed E-state index contributed by atoms with van der Waals surface area (Å²) < 4.78 is 19.1. The summed E-state index contributed by atoms with van der Waals surface area (Å²) >= 11 is 0. The summed E-state index contributed by atoms with van der Waals surface area (Å²) in [4.78, 5) is 14.9. The standard InChI is InChI=1S/C21H26FN3O2/c1-3-27-19-13-18(21(19)10-4-5-11-21)25(2)20(26)17-12-16(23-24-17)14-6-8-15(22)9-7-14/h6-9,12,18-19H,3-5,10-11,13H2,1-2H3,(H,23,24)/t18-,19+/m0/s1. The van der Waals surface area contributed by atoms with Gasteiger partial charge in [0.1, 0.15) is 11.5 Å². The normalized spacial score (nSPS) is 23.4. The molecule has 1 aromatic carbocycles. The van der Waals surface area contributed by atoms with Crippen molar-refractivity contribution in [2.45, 2.75) is 51.2 Å². The van der Waals surface area contributed by atoms with Gasteiger partial charge in [-0.15, -0.1) is 0 Å². The van der Waals surface area contributed by atoms with Crippen LogP contribution in [-0.2, 0) is 4.74 Å². The summed E-state index contributed by atoms with van der Waals surface area (Å²) in [5.74, 6) is -0.344. The zero-order chi connectivity index (χ0) is 19.0. The summed E-state index contributed by atoms with van der Waals surface area (Å²) in [7, 11) is 1.88. The number of rotatable bonds is 5. The van der Waals surface area contributed by atoms with Gasteiger partial charge in [-0.05, 0) is 56.5 Å². The van der Waals surface area contributed by atoms with Crippen molar-refractivity contribution in [2.75, 3.05) is 13.7 Å². The Hall–Kier alpha value is -2.21. The van der Waals surface area contributed by atoms with E-state index in [1.807, 2.05) is 18.9 Å². The van der Waals surface area contributed by atoms with Gasteiger partial charge in [-0.3, -0.25) is 9.89 Å². The number of halogens is 1. The highest BCUT2D eigenvalue weighted by Crippen LogP contribution is 2.56. The number of benzene rings is 1. The number of hydrogen-bond donors (Lipinski definition) is 1. The molecule has 1 amide bonds. The van der Waals surface area contributed by atoms with E-state index in [0.29, 0.717) is 11.4 Å². The van der Waals surface area contributed by atoms with E-state index in [-0.39, 0.29) is 29.3 Å². The Kier molecular flexibility index (Phi) is 4.76. The van der Waals surface area contributed by atoms with Crippen LogP contribution in [0.4, 0.5) is 4.39 Å². The number of amides is 1. The molecule has 1 N–H and O–H groups in total. The lowest BCUT2D eigenvalue weighted by molar-refractivity contribution is -0.152. The van der Waals surface area contributed by atoms with Crippen molar-refractivity contribution in [3.63, 3.8) is 0 Å². The van der Waals surface area contributed by atoms with Crippen LogP contribution in [0.15, 0.2) is 30.3 Å². The van der Waals surface area contributed by atoms with Crippen molar-refractivity contribution in [3.8, 4) is 11.3 Å². The Labute approximate surface area is 158 Å². The summed E-state index contributed by atoms with van der Waals surface area (Å²) in [6.45, 7) is 2.75. The highest BCUT2D eigenvalue weighted by molar-refractivity contribution is 5.93. The molecule has 1 spiro atoms. The van der Waals surface area contributed by atoms with Crippen LogP contribution in [0.1, 0.15) is 49.5 Å². The molecule has 0 bridgehead atoms. The van der Waals surface area contributed by atoms with Crippen molar-refractivity contribution in [3.05, 3.63) is 41.8 Å². The number of nitrogens with zero attached hydrogens (tertiary/aromatic N) is 2. The first kappa shape index (κ1) is 18.2. The predicted octanol–water partition coefficient (Wildman–Crippen LogP) is 4.03. The van der Waals surface area contributed by atoms with Gasteiger partial charge < -0.3 is 9.64 Å². The van der Waals surface area contributed by atoms with E-state index < -0.39 is 0 Å². The summed E-state index contributed by atoms with van der Waals surface area (Å²) in [6.07, 6.45) is 5.84. The second-order valence-corrected chi connectivity index (χ2v) is 7.73. The first-order chi connectivity index (χ1) is 13.0. The van der Waals surface area contributed by atoms with E-state index in [4.69, 9.17) is 4.74 Å². The molecular formula is C21H26FN3O2. The molecule has 1 heterocycles. The third-order valence-electron chi connectivity index (χ3n) is 6.38. The molecule has 2 aliphatic rings. The number of H-pyrrole nitrogens is 1. The molecular weight excluding hydrogens is 345 g/mol. The Morgan fingerprint density at radius 2 is 2.04 bits per heavy atom. The monoisotopic (exact) mass is 371 g/mol. The fourth-order valence-corrected chi connectivity index (χ4v) is 4.93. The smallest absolute Gasteiger partial charge is 0.271 e. The van der Waals surface area contributed by atoms with Crippen LogP contribution in [0.2, 0.25) is 0 Å². The minimum Gasteiger partial charge on any atom is -0.378 e. The fourth-order valence-electron chi connectivity index (χ4n) is 4.93. The Bertz CT molecular complexity index is 811. The van der Waals surface area contributed by atoms with Gasteiger partial charge in [0.25, 0.3) is 5.91 Å². The molecule has 2 aliphatic carbocycles. The van der Waals surface area contributed by atoms with Crippen molar-refractivity contribution in [1.29, 1.82) is 0 Å². The van der Waals surface area contributed by atoms with Crippen LogP contribution >= 0.6 is 0 Å². The average Bonchev–Trinajstić information content (AvgIpc) is 3.35. The number of aromatic nitrogens is 2. The van der Waals surface area contributed by atoms with E-state index in [0.717, 1.165) is 31.4 Å². The third kappa shape index (κ3) is 3.06. The first-order valence-corrected chi connectivity index (χ1v) is 9.75. The topological polar surface area (TPSA) is 58.2 Å². The maximum Gasteiger partial charge on any atom is 0.271 e. The summed E-state index contributed by atoms with van der Waals surface area (Å²) in [5, 5.41) is 7.09. The van der Waals surface area contributed by atoms with Crippen LogP contribution in [0.3, 0.4) is 0 Å². The minimum absolute atomic E-state index is 0.0536. The number of hydrogen-bond acceptors (Lipinski definition) is 3. The molecule has 2 aromatic rings. The third-order valence-corrected chi connectivity index (χ3v) is 6.38. The lowest BCUT2D eigenvalue weighted by Crippen LogP contribution is -2.64. The molecule has 144 valence electrons. The SMILES string of the molecule is CCO[C@@H]1C[C@H](N(C)C(=O)c2cc(-c3ccc(F)cc3)n[nH]2)C12CCCC2. The number of carbonyl (C=O) groups excluding carboxylic acids is 1. The molecule has 0 unspecified atom stereocenters. The zero-order valence-electron chi connectivity index (χ0n) is 15.9. The Morgan fingerprint density at radius 3 is 2.70 bits per heavy atom.